The van der Waals surface area contributed by atoms with Crippen molar-refractivity contribution in [2.45, 2.75) is 24.2 Å². The van der Waals surface area contributed by atoms with Crippen LogP contribution >= 0.6 is 0 Å². The first kappa shape index (κ1) is 22.7. The number of nitriles is 3. The molecule has 4 nitrogen and oxygen atoms in total. The second kappa shape index (κ2) is 7.62. The minimum Gasteiger partial charge on any atom is -0.399 e. The maximum absolute atomic E-state index is 13.0. The van der Waals surface area contributed by atoms with Gasteiger partial charge in [-0.15, -0.1) is 0 Å². The Kier molecular flexibility index (Phi) is 5.41. The molecule has 0 saturated heterocycles. The van der Waals surface area contributed by atoms with Crippen molar-refractivity contribution in [2.24, 2.45) is 11.1 Å². The molecule has 0 aromatic heterocycles. The van der Waals surface area contributed by atoms with E-state index in [2.05, 4.69) is 0 Å². The van der Waals surface area contributed by atoms with E-state index in [1.807, 2.05) is 6.07 Å². The van der Waals surface area contributed by atoms with Crippen LogP contribution < -0.4 is 5.73 Å². The molecule has 0 amide bonds. The van der Waals surface area contributed by atoms with E-state index in [9.17, 15) is 42.1 Å². The second-order valence-electron chi connectivity index (χ2n) is 7.17. The first-order valence-electron chi connectivity index (χ1n) is 8.97. The smallest absolute Gasteiger partial charge is 0.399 e. The molecule has 0 fully saturated rings. The molecule has 10 heteroatoms. The van der Waals surface area contributed by atoms with Gasteiger partial charge < -0.3 is 5.73 Å². The van der Waals surface area contributed by atoms with E-state index in [0.717, 1.165) is 48.5 Å². The molecule has 2 N–H and O–H groups in total. The third-order valence-electron chi connectivity index (χ3n) is 5.49. The average Bonchev–Trinajstić information content (AvgIpc) is 3.00. The molecule has 0 bridgehead atoms. The van der Waals surface area contributed by atoms with Gasteiger partial charge in [0.1, 0.15) is 0 Å². The van der Waals surface area contributed by atoms with Crippen LogP contribution in [0.25, 0.3) is 0 Å². The van der Waals surface area contributed by atoms with E-state index in [1.54, 1.807) is 12.1 Å². The molecule has 0 saturated carbocycles. The highest BCUT2D eigenvalue weighted by Gasteiger charge is 2.56. The highest BCUT2D eigenvalue weighted by molar-refractivity contribution is 5.58. The van der Waals surface area contributed by atoms with Crippen LogP contribution in [-0.2, 0) is 12.4 Å². The number of hydrogen-bond acceptors (Lipinski definition) is 4. The Labute approximate surface area is 178 Å². The number of hydrogen-bond donors (Lipinski definition) is 1. The summed E-state index contributed by atoms with van der Waals surface area (Å²) in [6.07, 6.45) is -9.24. The lowest BCUT2D eigenvalue weighted by molar-refractivity contribution is -0.138. The number of rotatable bonds is 2. The van der Waals surface area contributed by atoms with Crippen molar-refractivity contribution in [3.63, 3.8) is 0 Å². The van der Waals surface area contributed by atoms with Crippen LogP contribution in [0.15, 0.2) is 59.8 Å². The average molecular weight is 446 g/mol. The van der Waals surface area contributed by atoms with E-state index in [4.69, 9.17) is 5.73 Å². The molecule has 0 radical (unpaired) electrons. The predicted octanol–water partition coefficient (Wildman–Crippen LogP) is 5.38. The summed E-state index contributed by atoms with van der Waals surface area (Å²) in [6.45, 7) is 0. The van der Waals surface area contributed by atoms with Gasteiger partial charge in [-0.3, -0.25) is 0 Å². The number of nitrogens with zero attached hydrogens (tertiary/aromatic N) is 3. The van der Waals surface area contributed by atoms with Gasteiger partial charge in [0.05, 0.1) is 40.6 Å². The Bertz CT molecular complexity index is 1170. The van der Waals surface area contributed by atoms with Crippen molar-refractivity contribution in [2.75, 3.05) is 0 Å². The lowest BCUT2D eigenvalue weighted by atomic mass is 9.69. The highest BCUT2D eigenvalue weighted by Crippen LogP contribution is 2.58. The lowest BCUT2D eigenvalue weighted by Gasteiger charge is -2.28. The van der Waals surface area contributed by atoms with Gasteiger partial charge in [0.2, 0.25) is 0 Å². The van der Waals surface area contributed by atoms with Gasteiger partial charge in [0, 0.05) is 11.8 Å². The van der Waals surface area contributed by atoms with E-state index < -0.39 is 40.7 Å². The summed E-state index contributed by atoms with van der Waals surface area (Å²) >= 11 is 0. The van der Waals surface area contributed by atoms with Crippen LogP contribution in [-0.4, -0.2) is 0 Å². The van der Waals surface area contributed by atoms with Crippen LogP contribution in [0.4, 0.5) is 26.3 Å². The lowest BCUT2D eigenvalue weighted by Crippen LogP contribution is -2.29. The van der Waals surface area contributed by atoms with Crippen LogP contribution in [0.3, 0.4) is 0 Å². The van der Waals surface area contributed by atoms with Crippen LogP contribution in [0, 0.1) is 39.4 Å². The molecule has 0 unspecified atom stereocenters. The molecule has 162 valence electrons. The summed E-state index contributed by atoms with van der Waals surface area (Å²) in [4.78, 5) is 0. The third kappa shape index (κ3) is 3.52. The largest absolute Gasteiger partial charge is 0.416 e. The maximum atomic E-state index is 13.0. The Balaban J connectivity index is 2.22. The minimum absolute atomic E-state index is 0.110. The van der Waals surface area contributed by atoms with E-state index in [-0.39, 0.29) is 22.4 Å². The SMILES string of the molecule is N#CC1=C(N)C(C#N)(C#N)[C@H](c2ccc(C(F)(F)F)cc2)[C@H]1c1ccc(C(F)(F)F)cc1. The zero-order chi connectivity index (χ0) is 23.9. The normalized spacial score (nSPS) is 20.3. The van der Waals surface area contributed by atoms with Crippen molar-refractivity contribution in [3.8, 4) is 18.2 Å². The molecule has 0 spiro atoms. The second-order valence-corrected chi connectivity index (χ2v) is 7.17. The van der Waals surface area contributed by atoms with Crippen molar-refractivity contribution >= 4 is 0 Å². The Hall–Kier alpha value is -3.97. The number of alkyl halides is 6. The first-order chi connectivity index (χ1) is 14.9. The molecule has 2 aromatic carbocycles. The molecule has 2 atom stereocenters. The highest BCUT2D eigenvalue weighted by atomic mass is 19.4. The number of benzene rings is 2. The summed E-state index contributed by atoms with van der Waals surface area (Å²) in [5.74, 6) is -2.33. The zero-order valence-electron chi connectivity index (χ0n) is 16.0. The number of allylic oxidation sites excluding steroid dienone is 2. The standard InChI is InChI=1S/C22H12F6N4/c23-21(24,25)14-5-1-12(2-6-14)17-16(9-29)19(32)20(10-30,11-31)18(17)13-3-7-15(8-4-13)22(26,27)28/h1-8,17-18H,32H2/t17-,18+/m0/s1. The summed E-state index contributed by atoms with van der Waals surface area (Å²) in [6, 6.07) is 12.8. The maximum Gasteiger partial charge on any atom is 0.416 e. The van der Waals surface area contributed by atoms with Gasteiger partial charge in [-0.25, -0.2) is 0 Å². The molecule has 0 aliphatic heterocycles. The summed E-state index contributed by atoms with van der Waals surface area (Å²) in [7, 11) is 0. The fraction of sp³-hybridized carbons (Fsp3) is 0.227. The van der Waals surface area contributed by atoms with Crippen molar-refractivity contribution in [1.82, 2.24) is 0 Å². The Morgan fingerprint density at radius 2 is 1.12 bits per heavy atom. The van der Waals surface area contributed by atoms with E-state index >= 15 is 0 Å². The topological polar surface area (TPSA) is 97.4 Å². The molecule has 1 aliphatic rings. The van der Waals surface area contributed by atoms with Gasteiger partial charge >= 0.3 is 12.4 Å². The summed E-state index contributed by atoms with van der Waals surface area (Å²) in [5.41, 5.74) is 1.68. The fourth-order valence-electron chi connectivity index (χ4n) is 3.94. The Morgan fingerprint density at radius 3 is 1.47 bits per heavy atom. The van der Waals surface area contributed by atoms with E-state index in [1.165, 1.54) is 0 Å². The van der Waals surface area contributed by atoms with Crippen molar-refractivity contribution in [1.29, 1.82) is 15.8 Å². The quantitative estimate of drug-likeness (QED) is 0.627. The summed E-state index contributed by atoms with van der Waals surface area (Å²) in [5, 5.41) is 29.3. The molecule has 1 aliphatic carbocycles. The number of halogens is 6. The monoisotopic (exact) mass is 446 g/mol. The van der Waals surface area contributed by atoms with Crippen LogP contribution in [0.2, 0.25) is 0 Å². The molecular formula is C22H12F6N4. The van der Waals surface area contributed by atoms with Crippen molar-refractivity contribution < 1.29 is 26.3 Å². The first-order valence-corrected chi connectivity index (χ1v) is 8.97. The minimum atomic E-state index is -4.63. The van der Waals surface area contributed by atoms with Gasteiger partial charge in [-0.2, -0.15) is 42.1 Å². The molecule has 0 heterocycles. The van der Waals surface area contributed by atoms with Crippen LogP contribution in [0.5, 0.6) is 0 Å². The number of nitrogens with two attached hydrogens (primary N) is 1. The fourth-order valence-corrected chi connectivity index (χ4v) is 3.94. The molecular weight excluding hydrogens is 434 g/mol. The summed E-state index contributed by atoms with van der Waals surface area (Å²) < 4.78 is 77.8. The predicted molar refractivity (Wildman–Crippen MR) is 98.9 cm³/mol. The van der Waals surface area contributed by atoms with Gasteiger partial charge in [0.25, 0.3) is 0 Å². The van der Waals surface area contributed by atoms with Gasteiger partial charge in [-0.05, 0) is 35.4 Å². The van der Waals surface area contributed by atoms with E-state index in [0.29, 0.717) is 0 Å². The van der Waals surface area contributed by atoms with Gasteiger partial charge in [-0.1, -0.05) is 24.3 Å². The molecule has 2 aromatic rings. The molecule has 3 rings (SSSR count). The van der Waals surface area contributed by atoms with Crippen molar-refractivity contribution in [3.05, 3.63) is 82.1 Å². The molecule has 32 heavy (non-hydrogen) atoms. The van der Waals surface area contributed by atoms with Gasteiger partial charge in [0.15, 0.2) is 5.41 Å². The zero-order valence-corrected chi connectivity index (χ0v) is 16.0. The van der Waals surface area contributed by atoms with Crippen LogP contribution in [0.1, 0.15) is 34.1 Å². The third-order valence-corrected chi connectivity index (χ3v) is 5.49. The Morgan fingerprint density at radius 1 is 0.719 bits per heavy atom.